The van der Waals surface area contributed by atoms with Gasteiger partial charge in [-0.2, -0.15) is 0 Å². The first-order chi connectivity index (χ1) is 12.5. The molecular formula is C18H19ClN6O. The second kappa shape index (κ2) is 6.57. The van der Waals surface area contributed by atoms with Gasteiger partial charge in [0.1, 0.15) is 5.65 Å². The number of imidazole rings is 1. The predicted octanol–water partition coefficient (Wildman–Crippen LogP) is 2.45. The topological polar surface area (TPSA) is 89.4 Å². The normalized spacial score (nSPS) is 17.6. The van der Waals surface area contributed by atoms with Crippen LogP contribution < -0.4 is 10.6 Å². The molecule has 4 rings (SSSR count). The number of aromatic nitrogens is 4. The molecule has 26 heavy (non-hydrogen) atoms. The van der Waals surface area contributed by atoms with Crippen LogP contribution in [0.15, 0.2) is 30.7 Å². The number of piperidine rings is 1. The Hall–Kier alpha value is -2.67. The van der Waals surface area contributed by atoms with Gasteiger partial charge in [0.05, 0.1) is 28.5 Å². The minimum absolute atomic E-state index is 0.160. The van der Waals surface area contributed by atoms with E-state index in [2.05, 4.69) is 9.97 Å². The van der Waals surface area contributed by atoms with Crippen LogP contribution >= 0.6 is 11.6 Å². The fourth-order valence-corrected chi connectivity index (χ4v) is 3.53. The van der Waals surface area contributed by atoms with Crippen molar-refractivity contribution in [3.8, 4) is 11.4 Å². The molecule has 0 aromatic carbocycles. The Balaban J connectivity index is 1.74. The quantitative estimate of drug-likeness (QED) is 0.764. The molecule has 3 aromatic rings. The van der Waals surface area contributed by atoms with Gasteiger partial charge in [0.25, 0.3) is 0 Å². The largest absolute Gasteiger partial charge is 0.369 e. The van der Waals surface area contributed by atoms with Crippen molar-refractivity contribution < 1.29 is 4.79 Å². The molecule has 4 heterocycles. The SMILES string of the molecule is Cc1cnc(N2CCC[C@H](C(N)=O)C2)nc1-c1cnc2ccc(Cl)cn12. The predicted molar refractivity (Wildman–Crippen MR) is 100 cm³/mol. The van der Waals surface area contributed by atoms with Crippen molar-refractivity contribution in [2.75, 3.05) is 18.0 Å². The van der Waals surface area contributed by atoms with Crippen molar-refractivity contribution in [1.82, 2.24) is 19.4 Å². The molecule has 1 aliphatic rings. The fourth-order valence-electron chi connectivity index (χ4n) is 3.37. The first-order valence-corrected chi connectivity index (χ1v) is 8.91. The van der Waals surface area contributed by atoms with E-state index in [0.29, 0.717) is 17.5 Å². The van der Waals surface area contributed by atoms with Crippen LogP contribution in [0.4, 0.5) is 5.95 Å². The zero-order valence-electron chi connectivity index (χ0n) is 14.4. The lowest BCUT2D eigenvalue weighted by molar-refractivity contribution is -0.122. The second-order valence-corrected chi connectivity index (χ2v) is 7.04. The first kappa shape index (κ1) is 16.8. The Labute approximate surface area is 155 Å². The molecule has 1 aliphatic heterocycles. The number of nitrogens with zero attached hydrogens (tertiary/aromatic N) is 5. The zero-order valence-corrected chi connectivity index (χ0v) is 15.1. The Morgan fingerprint density at radius 2 is 2.15 bits per heavy atom. The molecule has 1 atom stereocenters. The molecule has 134 valence electrons. The van der Waals surface area contributed by atoms with Crippen molar-refractivity contribution in [2.45, 2.75) is 19.8 Å². The van der Waals surface area contributed by atoms with Crippen molar-refractivity contribution in [1.29, 1.82) is 0 Å². The summed E-state index contributed by atoms with van der Waals surface area (Å²) in [6.45, 7) is 3.33. The maximum Gasteiger partial charge on any atom is 0.225 e. The van der Waals surface area contributed by atoms with E-state index in [4.69, 9.17) is 22.3 Å². The maximum absolute atomic E-state index is 11.5. The number of fused-ring (bicyclic) bond motifs is 1. The highest BCUT2D eigenvalue weighted by molar-refractivity contribution is 6.30. The van der Waals surface area contributed by atoms with E-state index in [1.54, 1.807) is 12.4 Å². The summed E-state index contributed by atoms with van der Waals surface area (Å²) in [4.78, 5) is 27.2. The number of halogens is 1. The lowest BCUT2D eigenvalue weighted by atomic mass is 9.98. The van der Waals surface area contributed by atoms with Crippen LogP contribution in [0.25, 0.3) is 17.0 Å². The Morgan fingerprint density at radius 3 is 2.96 bits per heavy atom. The summed E-state index contributed by atoms with van der Waals surface area (Å²) in [6, 6.07) is 3.68. The molecule has 0 saturated carbocycles. The van der Waals surface area contributed by atoms with Crippen LogP contribution in [-0.4, -0.2) is 38.3 Å². The van der Waals surface area contributed by atoms with E-state index in [0.717, 1.165) is 42.0 Å². The minimum Gasteiger partial charge on any atom is -0.369 e. The van der Waals surface area contributed by atoms with Gasteiger partial charge >= 0.3 is 0 Å². The average Bonchev–Trinajstić information content (AvgIpc) is 3.05. The summed E-state index contributed by atoms with van der Waals surface area (Å²) in [5.41, 5.74) is 8.88. The van der Waals surface area contributed by atoms with E-state index < -0.39 is 0 Å². The number of primary amides is 1. The third-order valence-corrected chi connectivity index (χ3v) is 5.00. The lowest BCUT2D eigenvalue weighted by Gasteiger charge is -2.31. The van der Waals surface area contributed by atoms with Crippen LogP contribution in [0.3, 0.4) is 0 Å². The highest BCUT2D eigenvalue weighted by atomic mass is 35.5. The summed E-state index contributed by atoms with van der Waals surface area (Å²) in [6.07, 6.45) is 7.12. The number of carbonyl (C=O) groups is 1. The molecule has 1 fully saturated rings. The minimum atomic E-state index is -0.265. The van der Waals surface area contributed by atoms with Crippen LogP contribution in [0.2, 0.25) is 5.02 Å². The maximum atomic E-state index is 11.5. The Morgan fingerprint density at radius 1 is 1.31 bits per heavy atom. The van der Waals surface area contributed by atoms with E-state index in [1.165, 1.54) is 0 Å². The third kappa shape index (κ3) is 2.99. The number of anilines is 1. The smallest absolute Gasteiger partial charge is 0.225 e. The number of nitrogens with two attached hydrogens (primary N) is 1. The third-order valence-electron chi connectivity index (χ3n) is 4.78. The van der Waals surface area contributed by atoms with Gasteiger partial charge in [-0.25, -0.2) is 15.0 Å². The summed E-state index contributed by atoms with van der Waals surface area (Å²) in [7, 11) is 0. The number of carbonyl (C=O) groups excluding carboxylic acids is 1. The van der Waals surface area contributed by atoms with Gasteiger partial charge in [0.15, 0.2) is 0 Å². The summed E-state index contributed by atoms with van der Waals surface area (Å²) in [5.74, 6) is 0.179. The van der Waals surface area contributed by atoms with Gasteiger partial charge in [-0.1, -0.05) is 11.6 Å². The molecule has 0 bridgehead atoms. The van der Waals surface area contributed by atoms with Crippen LogP contribution in [0.1, 0.15) is 18.4 Å². The number of pyridine rings is 1. The highest BCUT2D eigenvalue weighted by Crippen LogP contribution is 2.27. The van der Waals surface area contributed by atoms with Crippen molar-refractivity contribution >= 4 is 29.1 Å². The second-order valence-electron chi connectivity index (χ2n) is 6.61. The fraction of sp³-hybridized carbons (Fsp3) is 0.333. The molecular weight excluding hydrogens is 352 g/mol. The molecule has 7 nitrogen and oxygen atoms in total. The van der Waals surface area contributed by atoms with E-state index in [-0.39, 0.29) is 11.8 Å². The molecule has 1 amide bonds. The van der Waals surface area contributed by atoms with Crippen LogP contribution in [-0.2, 0) is 4.79 Å². The monoisotopic (exact) mass is 370 g/mol. The molecule has 0 aliphatic carbocycles. The van der Waals surface area contributed by atoms with Crippen molar-refractivity contribution in [3.63, 3.8) is 0 Å². The molecule has 3 aromatic heterocycles. The summed E-state index contributed by atoms with van der Waals surface area (Å²) in [5, 5.41) is 0.629. The first-order valence-electron chi connectivity index (χ1n) is 8.54. The number of aryl methyl sites for hydroxylation is 1. The molecule has 0 spiro atoms. The Kier molecular flexibility index (Phi) is 4.24. The Bertz CT molecular complexity index is 985. The summed E-state index contributed by atoms with van der Waals surface area (Å²) >= 11 is 6.14. The molecule has 0 unspecified atom stereocenters. The number of amides is 1. The van der Waals surface area contributed by atoms with Crippen molar-refractivity contribution in [2.24, 2.45) is 11.7 Å². The van der Waals surface area contributed by atoms with E-state index in [9.17, 15) is 4.79 Å². The van der Waals surface area contributed by atoms with Gasteiger partial charge in [0.2, 0.25) is 11.9 Å². The van der Waals surface area contributed by atoms with Gasteiger partial charge in [-0.3, -0.25) is 9.20 Å². The molecule has 1 saturated heterocycles. The highest BCUT2D eigenvalue weighted by Gasteiger charge is 2.26. The number of hydrogen-bond acceptors (Lipinski definition) is 5. The van der Waals surface area contributed by atoms with Gasteiger partial charge < -0.3 is 10.6 Å². The number of hydrogen-bond donors (Lipinski definition) is 1. The van der Waals surface area contributed by atoms with Crippen LogP contribution in [0.5, 0.6) is 0 Å². The standard InChI is InChI=1S/C18H19ClN6O/c1-11-7-22-18(24-6-2-3-12(9-24)17(20)26)23-16(11)14-8-21-15-5-4-13(19)10-25(14)15/h4-5,7-8,10,12H,2-3,6,9H2,1H3,(H2,20,26)/t12-/m0/s1. The molecule has 2 N–H and O–H groups in total. The van der Waals surface area contributed by atoms with E-state index in [1.807, 2.05) is 34.6 Å². The van der Waals surface area contributed by atoms with Gasteiger partial charge in [-0.15, -0.1) is 0 Å². The molecule has 0 radical (unpaired) electrons. The van der Waals surface area contributed by atoms with E-state index >= 15 is 0 Å². The molecule has 8 heteroatoms. The average molecular weight is 371 g/mol. The van der Waals surface area contributed by atoms with Gasteiger partial charge in [-0.05, 0) is 37.5 Å². The van der Waals surface area contributed by atoms with Crippen molar-refractivity contribution in [3.05, 3.63) is 41.3 Å². The zero-order chi connectivity index (χ0) is 18.3. The summed E-state index contributed by atoms with van der Waals surface area (Å²) < 4.78 is 1.92. The van der Waals surface area contributed by atoms with Gasteiger partial charge in [0, 0.05) is 25.5 Å². The van der Waals surface area contributed by atoms with Crippen LogP contribution in [0, 0.1) is 12.8 Å². The number of rotatable bonds is 3. The lowest BCUT2D eigenvalue weighted by Crippen LogP contribution is -2.42.